The third kappa shape index (κ3) is 6.08. The first-order chi connectivity index (χ1) is 25.8. The van der Waals surface area contributed by atoms with Crippen LogP contribution in [0.4, 0.5) is 34.1 Å². The lowest BCUT2D eigenvalue weighted by molar-refractivity contribution is 1.25. The summed E-state index contributed by atoms with van der Waals surface area (Å²) in [5, 5.41) is 4.83. The number of rotatable bonds is 8. The van der Waals surface area contributed by atoms with Crippen LogP contribution >= 0.6 is 0 Å². The number of fused-ring (bicyclic) bond motifs is 2. The van der Waals surface area contributed by atoms with Gasteiger partial charge >= 0.3 is 0 Å². The SMILES string of the molecule is c1ccc(-c2ccc(N(c3ccccc3)c3cccc(N(c4ccc5ccccc5c4)c4cc5ccccc5cc4-c4ccccc4)c3)cc2)cc1. The molecule has 0 amide bonds. The maximum atomic E-state index is 2.42. The van der Waals surface area contributed by atoms with E-state index in [1.165, 1.54) is 43.8 Å². The number of hydrogen-bond acceptors (Lipinski definition) is 2. The van der Waals surface area contributed by atoms with Gasteiger partial charge in [-0.3, -0.25) is 0 Å². The normalized spacial score (nSPS) is 11.1. The van der Waals surface area contributed by atoms with E-state index >= 15 is 0 Å². The first-order valence-electron chi connectivity index (χ1n) is 17.8. The summed E-state index contributed by atoms with van der Waals surface area (Å²) >= 11 is 0. The van der Waals surface area contributed by atoms with Crippen molar-refractivity contribution in [2.24, 2.45) is 0 Å². The fraction of sp³-hybridized carbons (Fsp3) is 0. The second-order valence-electron chi connectivity index (χ2n) is 13.1. The summed E-state index contributed by atoms with van der Waals surface area (Å²) in [4.78, 5) is 4.77. The lowest BCUT2D eigenvalue weighted by Gasteiger charge is -2.31. The van der Waals surface area contributed by atoms with E-state index < -0.39 is 0 Å². The van der Waals surface area contributed by atoms with E-state index in [4.69, 9.17) is 0 Å². The van der Waals surface area contributed by atoms with Crippen LogP contribution in [0.2, 0.25) is 0 Å². The average Bonchev–Trinajstić information content (AvgIpc) is 3.22. The smallest absolute Gasteiger partial charge is 0.0546 e. The highest BCUT2D eigenvalue weighted by atomic mass is 15.2. The van der Waals surface area contributed by atoms with Gasteiger partial charge in [-0.05, 0) is 105 Å². The Balaban J connectivity index is 1.25. The Hall–Kier alpha value is -6.90. The van der Waals surface area contributed by atoms with Gasteiger partial charge in [0, 0.05) is 34.0 Å². The zero-order valence-corrected chi connectivity index (χ0v) is 28.7. The predicted octanol–water partition coefficient (Wildman–Crippen LogP) is 14.3. The molecule has 52 heavy (non-hydrogen) atoms. The van der Waals surface area contributed by atoms with Gasteiger partial charge in [-0.1, -0.05) is 152 Å². The molecule has 2 heteroatoms. The minimum Gasteiger partial charge on any atom is -0.310 e. The van der Waals surface area contributed by atoms with Crippen molar-refractivity contribution < 1.29 is 0 Å². The fourth-order valence-corrected chi connectivity index (χ4v) is 7.23. The van der Waals surface area contributed by atoms with Crippen LogP contribution < -0.4 is 9.80 Å². The zero-order chi connectivity index (χ0) is 34.7. The number of hydrogen-bond donors (Lipinski definition) is 0. The first-order valence-corrected chi connectivity index (χ1v) is 17.8. The second kappa shape index (κ2) is 13.8. The first kappa shape index (κ1) is 31.1. The summed E-state index contributed by atoms with van der Waals surface area (Å²) in [5.41, 5.74) is 11.3. The summed E-state index contributed by atoms with van der Waals surface area (Å²) in [6.45, 7) is 0. The largest absolute Gasteiger partial charge is 0.310 e. The van der Waals surface area contributed by atoms with Crippen LogP contribution in [-0.2, 0) is 0 Å². The second-order valence-corrected chi connectivity index (χ2v) is 13.1. The van der Waals surface area contributed by atoms with Gasteiger partial charge in [-0.2, -0.15) is 0 Å². The molecule has 0 saturated heterocycles. The third-order valence-corrected chi connectivity index (χ3v) is 9.77. The minimum atomic E-state index is 1.07. The van der Waals surface area contributed by atoms with Crippen molar-refractivity contribution in [1.29, 1.82) is 0 Å². The number of para-hydroxylation sites is 1. The summed E-state index contributed by atoms with van der Waals surface area (Å²) < 4.78 is 0. The van der Waals surface area contributed by atoms with Crippen molar-refractivity contribution in [3.05, 3.63) is 218 Å². The third-order valence-electron chi connectivity index (χ3n) is 9.77. The van der Waals surface area contributed by atoms with Crippen LogP contribution in [0.15, 0.2) is 218 Å². The molecule has 0 aromatic heterocycles. The van der Waals surface area contributed by atoms with Crippen molar-refractivity contribution >= 4 is 55.7 Å². The fourth-order valence-electron chi connectivity index (χ4n) is 7.23. The predicted molar refractivity (Wildman–Crippen MR) is 222 cm³/mol. The number of benzene rings is 9. The summed E-state index contributed by atoms with van der Waals surface area (Å²) in [6, 6.07) is 78.4. The molecule has 0 radical (unpaired) electrons. The van der Waals surface area contributed by atoms with Crippen molar-refractivity contribution in [3.8, 4) is 22.3 Å². The van der Waals surface area contributed by atoms with Crippen molar-refractivity contribution in [3.63, 3.8) is 0 Å². The molecule has 0 aliphatic carbocycles. The molecule has 0 aliphatic heterocycles. The quantitative estimate of drug-likeness (QED) is 0.159. The van der Waals surface area contributed by atoms with E-state index in [0.29, 0.717) is 0 Å². The lowest BCUT2D eigenvalue weighted by atomic mass is 9.97. The Morgan fingerprint density at radius 1 is 0.231 bits per heavy atom. The van der Waals surface area contributed by atoms with Crippen LogP contribution in [-0.4, -0.2) is 0 Å². The molecular weight excluding hydrogens is 629 g/mol. The van der Waals surface area contributed by atoms with E-state index in [1.807, 2.05) is 0 Å². The molecular formula is C50H36N2. The topological polar surface area (TPSA) is 6.48 Å². The van der Waals surface area contributed by atoms with Gasteiger partial charge in [0.25, 0.3) is 0 Å². The van der Waals surface area contributed by atoms with Crippen molar-refractivity contribution in [1.82, 2.24) is 0 Å². The highest BCUT2D eigenvalue weighted by Crippen LogP contribution is 2.45. The standard InChI is InChI=1S/C50H36N2/c1-4-15-37(16-5-1)39-27-30-45(31-28-39)51(44-23-8-3-9-24-44)46-25-14-26-47(36-46)52(48-32-29-38-17-10-11-20-41(38)33-48)50-35-43-22-13-12-21-42(43)34-49(50)40-18-6-2-7-19-40/h1-36H. The van der Waals surface area contributed by atoms with Crippen LogP contribution in [0.3, 0.4) is 0 Å². The number of anilines is 6. The molecule has 9 aromatic rings. The highest BCUT2D eigenvalue weighted by Gasteiger charge is 2.21. The molecule has 0 atom stereocenters. The molecule has 0 N–H and O–H groups in total. The van der Waals surface area contributed by atoms with Gasteiger partial charge in [-0.25, -0.2) is 0 Å². The van der Waals surface area contributed by atoms with Crippen molar-refractivity contribution in [2.75, 3.05) is 9.80 Å². The van der Waals surface area contributed by atoms with Gasteiger partial charge < -0.3 is 9.80 Å². The van der Waals surface area contributed by atoms with Crippen LogP contribution in [0.25, 0.3) is 43.8 Å². The van der Waals surface area contributed by atoms with Gasteiger partial charge in [-0.15, -0.1) is 0 Å². The molecule has 9 rings (SSSR count). The Morgan fingerprint density at radius 3 is 1.35 bits per heavy atom. The van der Waals surface area contributed by atoms with Gasteiger partial charge in [0.2, 0.25) is 0 Å². The molecule has 0 heterocycles. The molecule has 0 saturated carbocycles. The molecule has 0 aliphatic rings. The molecule has 0 fully saturated rings. The maximum Gasteiger partial charge on any atom is 0.0546 e. The summed E-state index contributed by atoms with van der Waals surface area (Å²) in [7, 11) is 0. The van der Waals surface area contributed by atoms with Gasteiger partial charge in [0.1, 0.15) is 0 Å². The molecule has 246 valence electrons. The Bertz CT molecular complexity index is 2610. The van der Waals surface area contributed by atoms with Crippen molar-refractivity contribution in [2.45, 2.75) is 0 Å². The number of nitrogens with zero attached hydrogens (tertiary/aromatic N) is 2. The zero-order valence-electron chi connectivity index (χ0n) is 28.7. The van der Waals surface area contributed by atoms with Crippen LogP contribution in [0.5, 0.6) is 0 Å². The van der Waals surface area contributed by atoms with E-state index in [2.05, 4.69) is 228 Å². The Kier molecular flexibility index (Phi) is 8.24. The Labute approximate surface area is 305 Å². The van der Waals surface area contributed by atoms with Crippen LogP contribution in [0.1, 0.15) is 0 Å². The molecule has 0 bridgehead atoms. The minimum absolute atomic E-state index is 1.07. The average molecular weight is 665 g/mol. The summed E-state index contributed by atoms with van der Waals surface area (Å²) in [6.07, 6.45) is 0. The van der Waals surface area contributed by atoms with Gasteiger partial charge in [0.15, 0.2) is 0 Å². The van der Waals surface area contributed by atoms with Crippen LogP contribution in [0, 0.1) is 0 Å². The van der Waals surface area contributed by atoms with Gasteiger partial charge in [0.05, 0.1) is 5.69 Å². The molecule has 9 aromatic carbocycles. The van der Waals surface area contributed by atoms with E-state index in [9.17, 15) is 0 Å². The van der Waals surface area contributed by atoms with E-state index in [-0.39, 0.29) is 0 Å². The molecule has 2 nitrogen and oxygen atoms in total. The highest BCUT2D eigenvalue weighted by molar-refractivity contribution is 6.00. The summed E-state index contributed by atoms with van der Waals surface area (Å²) in [5.74, 6) is 0. The van der Waals surface area contributed by atoms with E-state index in [1.54, 1.807) is 0 Å². The lowest BCUT2D eigenvalue weighted by Crippen LogP contribution is -2.14. The molecule has 0 spiro atoms. The maximum absolute atomic E-state index is 2.42. The Morgan fingerprint density at radius 2 is 0.673 bits per heavy atom. The monoisotopic (exact) mass is 664 g/mol. The van der Waals surface area contributed by atoms with E-state index in [0.717, 1.165) is 34.1 Å². The molecule has 0 unspecified atom stereocenters.